The smallest absolute Gasteiger partial charge is 0.234 e. The summed E-state index contributed by atoms with van der Waals surface area (Å²) in [4.78, 5) is 28.4. The van der Waals surface area contributed by atoms with E-state index in [2.05, 4.69) is 15.6 Å². The molecule has 0 fully saturated rings. The quantitative estimate of drug-likeness (QED) is 0.516. The van der Waals surface area contributed by atoms with Crippen LogP contribution in [0.2, 0.25) is 0 Å². The van der Waals surface area contributed by atoms with E-state index in [1.165, 1.54) is 47.4 Å². The number of thiazole rings is 1. The van der Waals surface area contributed by atoms with E-state index in [4.69, 9.17) is 0 Å². The number of rotatable bonds is 9. The van der Waals surface area contributed by atoms with Crippen LogP contribution in [0.4, 0.5) is 15.2 Å². The van der Waals surface area contributed by atoms with Crippen molar-refractivity contribution >= 4 is 45.7 Å². The number of carbonyl (C=O) groups excluding carboxylic acids is 2. The summed E-state index contributed by atoms with van der Waals surface area (Å²) in [6.07, 6.45) is 1.08. The molecule has 0 bridgehead atoms. The van der Waals surface area contributed by atoms with Crippen molar-refractivity contribution in [2.24, 2.45) is 0 Å². The highest BCUT2D eigenvalue weighted by molar-refractivity contribution is 7.99. The summed E-state index contributed by atoms with van der Waals surface area (Å²) in [7, 11) is 0. The molecule has 3 aromatic rings. The Morgan fingerprint density at radius 3 is 2.52 bits per heavy atom. The van der Waals surface area contributed by atoms with Gasteiger partial charge < -0.3 is 10.6 Å². The number of nitrogens with zero attached hydrogens (tertiary/aromatic N) is 1. The minimum atomic E-state index is -0.344. The Kier molecular flexibility index (Phi) is 7.77. The first-order valence-electron chi connectivity index (χ1n) is 9.00. The fraction of sp³-hybridized carbons (Fsp3) is 0.190. The van der Waals surface area contributed by atoms with Crippen LogP contribution in [0.3, 0.4) is 0 Å². The molecule has 0 saturated heterocycles. The molecule has 0 aliphatic heterocycles. The SMILES string of the molecule is O=C(CSCc1csc(NC(=O)CCc2ccccc2)n1)Nc1ccc(F)cc1. The summed E-state index contributed by atoms with van der Waals surface area (Å²) in [6, 6.07) is 15.5. The molecule has 0 atom stereocenters. The van der Waals surface area contributed by atoms with Gasteiger partial charge >= 0.3 is 0 Å². The van der Waals surface area contributed by atoms with Crippen LogP contribution in [-0.2, 0) is 21.8 Å². The maximum atomic E-state index is 12.9. The van der Waals surface area contributed by atoms with Crippen molar-refractivity contribution < 1.29 is 14.0 Å². The number of aryl methyl sites for hydroxylation is 1. The van der Waals surface area contributed by atoms with Gasteiger partial charge in [-0.25, -0.2) is 9.37 Å². The van der Waals surface area contributed by atoms with Crippen molar-refractivity contribution in [3.05, 3.63) is 77.1 Å². The number of nitrogens with one attached hydrogen (secondary N) is 2. The van der Waals surface area contributed by atoms with Crippen LogP contribution in [-0.4, -0.2) is 22.6 Å². The van der Waals surface area contributed by atoms with Gasteiger partial charge in [0, 0.05) is 23.2 Å². The summed E-state index contributed by atoms with van der Waals surface area (Å²) in [5.74, 6) is 0.247. The number of anilines is 2. The van der Waals surface area contributed by atoms with Gasteiger partial charge in [0.05, 0.1) is 11.4 Å². The van der Waals surface area contributed by atoms with Crippen molar-refractivity contribution in [2.75, 3.05) is 16.4 Å². The van der Waals surface area contributed by atoms with Crippen LogP contribution in [0, 0.1) is 5.82 Å². The number of halogens is 1. The topological polar surface area (TPSA) is 71.1 Å². The summed E-state index contributed by atoms with van der Waals surface area (Å²) in [5, 5.41) is 7.97. The first kappa shape index (κ1) is 21.0. The van der Waals surface area contributed by atoms with Crippen LogP contribution in [0.5, 0.6) is 0 Å². The molecule has 2 aromatic carbocycles. The van der Waals surface area contributed by atoms with Gasteiger partial charge in [0.15, 0.2) is 5.13 Å². The van der Waals surface area contributed by atoms with E-state index >= 15 is 0 Å². The van der Waals surface area contributed by atoms with E-state index in [0.29, 0.717) is 29.4 Å². The standard InChI is InChI=1S/C21H20FN3O2S2/c22-16-7-9-17(10-8-16)23-20(27)14-28-12-18-13-29-21(24-18)25-19(26)11-6-15-4-2-1-3-5-15/h1-5,7-10,13H,6,11-12,14H2,(H,23,27)(H,24,25,26). The van der Waals surface area contributed by atoms with Gasteiger partial charge in [-0.1, -0.05) is 30.3 Å². The number of hydrogen-bond donors (Lipinski definition) is 2. The maximum Gasteiger partial charge on any atom is 0.234 e. The minimum Gasteiger partial charge on any atom is -0.325 e. The zero-order chi connectivity index (χ0) is 20.5. The molecule has 8 heteroatoms. The second-order valence-corrected chi connectivity index (χ2v) is 8.07. The molecule has 3 rings (SSSR count). The molecule has 5 nitrogen and oxygen atoms in total. The maximum absolute atomic E-state index is 12.9. The first-order chi connectivity index (χ1) is 14.1. The van der Waals surface area contributed by atoms with Crippen LogP contribution in [0.25, 0.3) is 0 Å². The molecule has 0 unspecified atom stereocenters. The largest absolute Gasteiger partial charge is 0.325 e. The lowest BCUT2D eigenvalue weighted by Gasteiger charge is -2.04. The predicted molar refractivity (Wildman–Crippen MR) is 117 cm³/mol. The fourth-order valence-corrected chi connectivity index (χ4v) is 4.04. The minimum absolute atomic E-state index is 0.0684. The van der Waals surface area contributed by atoms with E-state index < -0.39 is 0 Å². The van der Waals surface area contributed by atoms with Gasteiger partial charge in [-0.3, -0.25) is 9.59 Å². The Labute approximate surface area is 176 Å². The molecule has 150 valence electrons. The van der Waals surface area contributed by atoms with Crippen molar-refractivity contribution in [1.82, 2.24) is 4.98 Å². The van der Waals surface area contributed by atoms with Gasteiger partial charge in [0.2, 0.25) is 11.8 Å². The third-order valence-corrected chi connectivity index (χ3v) is 5.67. The van der Waals surface area contributed by atoms with E-state index in [1.807, 2.05) is 35.7 Å². The van der Waals surface area contributed by atoms with E-state index in [1.54, 1.807) is 0 Å². The molecule has 0 aliphatic rings. The molecule has 0 aliphatic carbocycles. The highest BCUT2D eigenvalue weighted by atomic mass is 32.2. The van der Waals surface area contributed by atoms with E-state index in [0.717, 1.165) is 11.3 Å². The Morgan fingerprint density at radius 1 is 1.00 bits per heavy atom. The molecule has 2 N–H and O–H groups in total. The summed E-state index contributed by atoms with van der Waals surface area (Å²) < 4.78 is 12.9. The number of benzene rings is 2. The summed E-state index contributed by atoms with van der Waals surface area (Å²) in [6.45, 7) is 0. The van der Waals surface area contributed by atoms with Crippen LogP contribution in [0.15, 0.2) is 60.0 Å². The van der Waals surface area contributed by atoms with Gasteiger partial charge in [-0.2, -0.15) is 0 Å². The van der Waals surface area contributed by atoms with Crippen LogP contribution >= 0.6 is 23.1 Å². The van der Waals surface area contributed by atoms with Crippen LogP contribution < -0.4 is 10.6 Å². The van der Waals surface area contributed by atoms with Crippen molar-refractivity contribution in [2.45, 2.75) is 18.6 Å². The highest BCUT2D eigenvalue weighted by Crippen LogP contribution is 2.20. The number of carbonyl (C=O) groups is 2. The van der Waals surface area contributed by atoms with E-state index in [9.17, 15) is 14.0 Å². The second-order valence-electron chi connectivity index (χ2n) is 6.23. The number of thioether (sulfide) groups is 1. The molecule has 1 heterocycles. The van der Waals surface area contributed by atoms with Crippen LogP contribution in [0.1, 0.15) is 17.7 Å². The van der Waals surface area contributed by atoms with Gasteiger partial charge in [-0.15, -0.1) is 23.1 Å². The Hall–Kier alpha value is -2.71. The molecular weight excluding hydrogens is 409 g/mol. The van der Waals surface area contributed by atoms with Gasteiger partial charge in [0.1, 0.15) is 5.82 Å². The molecule has 2 amide bonds. The summed E-state index contributed by atoms with van der Waals surface area (Å²) in [5.41, 5.74) is 2.50. The molecule has 0 saturated carbocycles. The lowest BCUT2D eigenvalue weighted by molar-refractivity contribution is -0.116. The molecule has 0 spiro atoms. The average Bonchev–Trinajstić information content (AvgIpc) is 3.16. The number of aromatic nitrogens is 1. The molecular formula is C21H20FN3O2S2. The Bertz CT molecular complexity index is 946. The zero-order valence-corrected chi connectivity index (χ0v) is 17.2. The lowest BCUT2D eigenvalue weighted by Crippen LogP contribution is -2.14. The highest BCUT2D eigenvalue weighted by Gasteiger charge is 2.09. The average molecular weight is 430 g/mol. The molecule has 0 radical (unpaired) electrons. The normalized spacial score (nSPS) is 10.5. The Balaban J connectivity index is 1.36. The summed E-state index contributed by atoms with van der Waals surface area (Å²) >= 11 is 2.79. The molecule has 29 heavy (non-hydrogen) atoms. The van der Waals surface area contributed by atoms with Gasteiger partial charge in [-0.05, 0) is 36.2 Å². The van der Waals surface area contributed by atoms with Crippen molar-refractivity contribution in [1.29, 1.82) is 0 Å². The Morgan fingerprint density at radius 2 is 1.76 bits per heavy atom. The fourth-order valence-electron chi connectivity index (χ4n) is 2.49. The molecule has 1 aromatic heterocycles. The van der Waals surface area contributed by atoms with Crippen molar-refractivity contribution in [3.8, 4) is 0 Å². The second kappa shape index (κ2) is 10.7. The third-order valence-electron chi connectivity index (χ3n) is 3.89. The number of amides is 2. The van der Waals surface area contributed by atoms with E-state index in [-0.39, 0.29) is 23.4 Å². The third kappa shape index (κ3) is 7.32. The van der Waals surface area contributed by atoms with Gasteiger partial charge in [0.25, 0.3) is 0 Å². The first-order valence-corrected chi connectivity index (χ1v) is 11.0. The number of hydrogen-bond acceptors (Lipinski definition) is 5. The zero-order valence-electron chi connectivity index (χ0n) is 15.6. The predicted octanol–water partition coefficient (Wildman–Crippen LogP) is 4.73. The monoisotopic (exact) mass is 429 g/mol. The van der Waals surface area contributed by atoms with Crippen molar-refractivity contribution in [3.63, 3.8) is 0 Å². The lowest BCUT2D eigenvalue weighted by atomic mass is 10.1.